The quantitative estimate of drug-likeness (QED) is 0.773. The van der Waals surface area contributed by atoms with Gasteiger partial charge in [-0.15, -0.1) is 0 Å². The van der Waals surface area contributed by atoms with Gasteiger partial charge >= 0.3 is 0 Å². The molecular formula is C19H20BrN3O2. The van der Waals surface area contributed by atoms with Gasteiger partial charge in [0.1, 0.15) is 6.04 Å². The van der Waals surface area contributed by atoms with Crippen LogP contribution in [0.15, 0.2) is 59.1 Å². The summed E-state index contributed by atoms with van der Waals surface area (Å²) in [7, 11) is 0. The number of halogens is 1. The molecule has 0 bridgehead atoms. The van der Waals surface area contributed by atoms with Crippen LogP contribution in [0.2, 0.25) is 0 Å². The Morgan fingerprint density at radius 3 is 2.20 bits per heavy atom. The van der Waals surface area contributed by atoms with Gasteiger partial charge in [-0.3, -0.25) is 25.3 Å². The smallest absolute Gasteiger partial charge is 0.269 e. The third-order valence-corrected chi connectivity index (χ3v) is 4.80. The summed E-state index contributed by atoms with van der Waals surface area (Å²) in [6.07, 6.45) is 2.17. The summed E-state index contributed by atoms with van der Waals surface area (Å²) in [5, 5.41) is 0. The maximum absolute atomic E-state index is 12.7. The third kappa shape index (κ3) is 4.46. The molecule has 1 fully saturated rings. The van der Waals surface area contributed by atoms with Crippen LogP contribution in [-0.2, 0) is 4.79 Å². The highest BCUT2D eigenvalue weighted by Gasteiger charge is 2.29. The van der Waals surface area contributed by atoms with Gasteiger partial charge in [-0.2, -0.15) is 0 Å². The molecule has 6 heteroatoms. The molecule has 0 spiro atoms. The largest absolute Gasteiger partial charge is 0.288 e. The first-order valence-electron chi connectivity index (χ1n) is 8.30. The van der Waals surface area contributed by atoms with Crippen molar-refractivity contribution < 1.29 is 9.59 Å². The summed E-state index contributed by atoms with van der Waals surface area (Å²) in [6, 6.07) is 16.2. The Morgan fingerprint density at radius 2 is 1.56 bits per heavy atom. The van der Waals surface area contributed by atoms with Gasteiger partial charge < -0.3 is 0 Å². The van der Waals surface area contributed by atoms with Crippen molar-refractivity contribution in [3.63, 3.8) is 0 Å². The van der Waals surface area contributed by atoms with Crippen LogP contribution in [0.5, 0.6) is 0 Å². The number of rotatable bonds is 4. The molecule has 0 radical (unpaired) electrons. The second-order valence-corrected chi connectivity index (χ2v) is 6.92. The number of hydrazine groups is 1. The molecular weight excluding hydrogens is 382 g/mol. The van der Waals surface area contributed by atoms with Crippen LogP contribution in [0.4, 0.5) is 0 Å². The van der Waals surface area contributed by atoms with Gasteiger partial charge in [0.15, 0.2) is 0 Å². The SMILES string of the molecule is O=C(NNC(=O)C(c1ccccc1)N1CCCC1)c1ccc(Br)cc1. The van der Waals surface area contributed by atoms with E-state index >= 15 is 0 Å². The van der Waals surface area contributed by atoms with Crippen molar-refractivity contribution in [3.8, 4) is 0 Å². The molecule has 2 aromatic rings. The Kier molecular flexibility index (Phi) is 5.83. The summed E-state index contributed by atoms with van der Waals surface area (Å²) in [5.74, 6) is -0.562. The summed E-state index contributed by atoms with van der Waals surface area (Å²) >= 11 is 3.33. The number of hydrogen-bond acceptors (Lipinski definition) is 3. The number of nitrogens with zero attached hydrogens (tertiary/aromatic N) is 1. The first-order valence-corrected chi connectivity index (χ1v) is 9.09. The highest BCUT2D eigenvalue weighted by molar-refractivity contribution is 9.10. The van der Waals surface area contributed by atoms with Crippen molar-refractivity contribution in [3.05, 3.63) is 70.2 Å². The Bertz CT molecular complexity index is 728. The Hall–Kier alpha value is -2.18. The Balaban J connectivity index is 1.68. The molecule has 0 aromatic heterocycles. The van der Waals surface area contributed by atoms with E-state index in [-0.39, 0.29) is 11.8 Å². The molecule has 2 amide bonds. The van der Waals surface area contributed by atoms with Gasteiger partial charge in [-0.25, -0.2) is 0 Å². The molecule has 1 unspecified atom stereocenters. The van der Waals surface area contributed by atoms with Crippen LogP contribution in [0.3, 0.4) is 0 Å². The minimum atomic E-state index is -0.395. The minimum absolute atomic E-state index is 0.224. The van der Waals surface area contributed by atoms with Crippen molar-refractivity contribution in [2.75, 3.05) is 13.1 Å². The molecule has 130 valence electrons. The molecule has 1 aliphatic rings. The lowest BCUT2D eigenvalue weighted by atomic mass is 10.1. The highest BCUT2D eigenvalue weighted by Crippen LogP contribution is 2.25. The van der Waals surface area contributed by atoms with Crippen LogP contribution >= 0.6 is 15.9 Å². The van der Waals surface area contributed by atoms with E-state index in [2.05, 4.69) is 31.7 Å². The number of nitrogens with one attached hydrogen (secondary N) is 2. The van der Waals surface area contributed by atoms with Crippen molar-refractivity contribution in [1.82, 2.24) is 15.8 Å². The van der Waals surface area contributed by atoms with Crippen molar-refractivity contribution in [2.24, 2.45) is 0 Å². The van der Waals surface area contributed by atoms with Crippen molar-refractivity contribution >= 4 is 27.7 Å². The number of carbonyl (C=O) groups is 2. The molecule has 1 aliphatic heterocycles. The normalized spacial score (nSPS) is 15.6. The molecule has 1 saturated heterocycles. The van der Waals surface area contributed by atoms with Gasteiger partial charge in [0, 0.05) is 10.0 Å². The molecule has 2 N–H and O–H groups in total. The minimum Gasteiger partial charge on any atom is -0.288 e. The topological polar surface area (TPSA) is 61.4 Å². The lowest BCUT2D eigenvalue weighted by Gasteiger charge is -2.26. The number of amides is 2. The fourth-order valence-corrected chi connectivity index (χ4v) is 3.29. The third-order valence-electron chi connectivity index (χ3n) is 4.28. The first-order chi connectivity index (χ1) is 12.1. The average Bonchev–Trinajstić information content (AvgIpc) is 3.15. The van der Waals surface area contributed by atoms with Gasteiger partial charge in [0.05, 0.1) is 0 Å². The molecule has 5 nitrogen and oxygen atoms in total. The van der Waals surface area contributed by atoms with Crippen LogP contribution in [0.1, 0.15) is 34.8 Å². The summed E-state index contributed by atoms with van der Waals surface area (Å²) < 4.78 is 0.895. The van der Waals surface area contributed by atoms with Crippen molar-refractivity contribution in [2.45, 2.75) is 18.9 Å². The van der Waals surface area contributed by atoms with E-state index in [0.29, 0.717) is 5.56 Å². The van der Waals surface area contributed by atoms with Crippen LogP contribution in [0, 0.1) is 0 Å². The summed E-state index contributed by atoms with van der Waals surface area (Å²) in [6.45, 7) is 1.77. The fraction of sp³-hybridized carbons (Fsp3) is 0.263. The van der Waals surface area contributed by atoms with Gasteiger partial charge in [0.25, 0.3) is 11.8 Å². The zero-order chi connectivity index (χ0) is 17.6. The molecule has 0 aliphatic carbocycles. The van der Waals surface area contributed by atoms with E-state index in [1.807, 2.05) is 30.3 Å². The van der Waals surface area contributed by atoms with Crippen LogP contribution in [-0.4, -0.2) is 29.8 Å². The van der Waals surface area contributed by atoms with Gasteiger partial charge in [0.2, 0.25) is 0 Å². The molecule has 3 rings (SSSR count). The Labute approximate surface area is 155 Å². The van der Waals surface area contributed by atoms with E-state index in [1.165, 1.54) is 0 Å². The standard InChI is InChI=1S/C19H20BrN3O2/c20-16-10-8-15(9-11-16)18(24)21-22-19(25)17(23-12-4-5-13-23)14-6-2-1-3-7-14/h1-3,6-11,17H,4-5,12-13H2,(H,21,24)(H,22,25). The predicted molar refractivity (Wildman–Crippen MR) is 99.7 cm³/mol. The lowest BCUT2D eigenvalue weighted by Crippen LogP contribution is -2.47. The molecule has 2 aromatic carbocycles. The first kappa shape index (κ1) is 17.6. The molecule has 1 atom stereocenters. The van der Waals surface area contributed by atoms with E-state index in [0.717, 1.165) is 36.0 Å². The zero-order valence-corrected chi connectivity index (χ0v) is 15.3. The molecule has 1 heterocycles. The summed E-state index contributed by atoms with van der Waals surface area (Å²) in [5.41, 5.74) is 6.51. The van der Waals surface area contributed by atoms with E-state index < -0.39 is 6.04 Å². The highest BCUT2D eigenvalue weighted by atomic mass is 79.9. The van der Waals surface area contributed by atoms with Crippen LogP contribution < -0.4 is 10.9 Å². The number of benzene rings is 2. The van der Waals surface area contributed by atoms with Gasteiger partial charge in [-0.1, -0.05) is 46.3 Å². The molecule has 25 heavy (non-hydrogen) atoms. The fourth-order valence-electron chi connectivity index (χ4n) is 3.02. The predicted octanol–water partition coefficient (Wildman–Crippen LogP) is 3.05. The van der Waals surface area contributed by atoms with E-state index in [1.54, 1.807) is 24.3 Å². The maximum Gasteiger partial charge on any atom is 0.269 e. The maximum atomic E-state index is 12.7. The van der Waals surface area contributed by atoms with E-state index in [4.69, 9.17) is 0 Å². The average molecular weight is 402 g/mol. The molecule has 0 saturated carbocycles. The second-order valence-electron chi connectivity index (χ2n) is 6.01. The summed E-state index contributed by atoms with van der Waals surface area (Å²) in [4.78, 5) is 27.1. The number of hydrogen-bond donors (Lipinski definition) is 2. The number of carbonyl (C=O) groups excluding carboxylic acids is 2. The Morgan fingerprint density at radius 1 is 0.920 bits per heavy atom. The second kappa shape index (κ2) is 8.27. The monoisotopic (exact) mass is 401 g/mol. The van der Waals surface area contributed by atoms with Gasteiger partial charge in [-0.05, 0) is 55.8 Å². The zero-order valence-electron chi connectivity index (χ0n) is 13.7. The van der Waals surface area contributed by atoms with E-state index in [9.17, 15) is 9.59 Å². The van der Waals surface area contributed by atoms with Crippen molar-refractivity contribution in [1.29, 1.82) is 0 Å². The number of likely N-dealkylation sites (tertiary alicyclic amines) is 1. The lowest BCUT2D eigenvalue weighted by molar-refractivity contribution is -0.127. The van der Waals surface area contributed by atoms with Crippen LogP contribution in [0.25, 0.3) is 0 Å².